The number of piperidine rings is 1. The Morgan fingerprint density at radius 1 is 1.09 bits per heavy atom. The van der Waals surface area contributed by atoms with E-state index in [0.29, 0.717) is 18.0 Å². The van der Waals surface area contributed by atoms with Crippen LogP contribution in [0.5, 0.6) is 5.75 Å². The fourth-order valence-electron chi connectivity index (χ4n) is 4.56. The largest absolute Gasteiger partial charge is 0.494 e. The molecular formula is C25H27F3N2O4. The van der Waals surface area contributed by atoms with Gasteiger partial charge in [-0.2, -0.15) is 13.2 Å². The minimum Gasteiger partial charge on any atom is -0.494 e. The van der Waals surface area contributed by atoms with Gasteiger partial charge in [0.25, 0.3) is 5.91 Å². The van der Waals surface area contributed by atoms with Gasteiger partial charge in [0.1, 0.15) is 5.75 Å². The van der Waals surface area contributed by atoms with Crippen LogP contribution in [0.4, 0.5) is 18.9 Å². The van der Waals surface area contributed by atoms with Crippen molar-refractivity contribution in [1.29, 1.82) is 0 Å². The maximum atomic E-state index is 13.1. The molecule has 2 heterocycles. The van der Waals surface area contributed by atoms with Crippen molar-refractivity contribution < 1.29 is 32.6 Å². The molecule has 2 fully saturated rings. The van der Waals surface area contributed by atoms with E-state index >= 15 is 0 Å². The molecule has 0 saturated carbocycles. The third-order valence-electron chi connectivity index (χ3n) is 6.48. The van der Waals surface area contributed by atoms with Gasteiger partial charge in [-0.3, -0.25) is 14.5 Å². The van der Waals surface area contributed by atoms with Crippen LogP contribution in [0.25, 0.3) is 0 Å². The van der Waals surface area contributed by atoms with Crippen LogP contribution in [0.15, 0.2) is 48.5 Å². The van der Waals surface area contributed by atoms with Crippen molar-refractivity contribution in [3.8, 4) is 5.75 Å². The fraction of sp³-hybridized carbons (Fsp3) is 0.440. The van der Waals surface area contributed by atoms with Crippen molar-refractivity contribution in [3.63, 3.8) is 0 Å². The number of imide groups is 1. The van der Waals surface area contributed by atoms with Crippen LogP contribution in [0.1, 0.15) is 43.7 Å². The molecule has 0 aliphatic carbocycles. The van der Waals surface area contributed by atoms with Crippen LogP contribution in [-0.2, 0) is 21.4 Å². The number of halogens is 3. The van der Waals surface area contributed by atoms with Gasteiger partial charge in [0.15, 0.2) is 0 Å². The number of amides is 2. The lowest BCUT2D eigenvalue weighted by Crippen LogP contribution is -2.49. The highest BCUT2D eigenvalue weighted by Crippen LogP contribution is 2.38. The van der Waals surface area contributed by atoms with Crippen molar-refractivity contribution >= 4 is 17.5 Å². The zero-order valence-corrected chi connectivity index (χ0v) is 18.8. The highest BCUT2D eigenvalue weighted by molar-refractivity contribution is 6.22. The number of likely N-dealkylation sites (tertiary alicyclic amines) is 1. The zero-order valence-electron chi connectivity index (χ0n) is 18.8. The average molecular weight is 476 g/mol. The van der Waals surface area contributed by atoms with Gasteiger partial charge in [-0.25, -0.2) is 4.90 Å². The van der Waals surface area contributed by atoms with Crippen molar-refractivity contribution in [2.24, 2.45) is 0 Å². The lowest BCUT2D eigenvalue weighted by Gasteiger charge is -2.40. The number of anilines is 1. The van der Waals surface area contributed by atoms with Crippen LogP contribution >= 0.6 is 0 Å². The smallest absolute Gasteiger partial charge is 0.416 e. The summed E-state index contributed by atoms with van der Waals surface area (Å²) in [5.74, 6) is 0.0128. The molecule has 182 valence electrons. The Labute approximate surface area is 195 Å². The summed E-state index contributed by atoms with van der Waals surface area (Å²) in [5, 5.41) is 11.1. The van der Waals surface area contributed by atoms with Gasteiger partial charge in [-0.15, -0.1) is 0 Å². The number of nitrogens with zero attached hydrogens (tertiary/aromatic N) is 2. The molecule has 1 N–H and O–H groups in total. The molecule has 2 aromatic carbocycles. The predicted molar refractivity (Wildman–Crippen MR) is 119 cm³/mol. The second-order valence-electron chi connectivity index (χ2n) is 8.78. The lowest BCUT2D eigenvalue weighted by atomic mass is 9.83. The molecular weight excluding hydrogens is 449 g/mol. The first-order valence-corrected chi connectivity index (χ1v) is 11.4. The fourth-order valence-corrected chi connectivity index (χ4v) is 4.56. The van der Waals surface area contributed by atoms with E-state index in [0.717, 1.165) is 18.6 Å². The molecule has 0 spiro atoms. The first-order valence-electron chi connectivity index (χ1n) is 11.4. The number of ether oxygens (including phenoxy) is 1. The maximum Gasteiger partial charge on any atom is 0.416 e. The average Bonchev–Trinajstić information content (AvgIpc) is 3.12. The molecule has 6 nitrogen and oxygen atoms in total. The van der Waals surface area contributed by atoms with Crippen molar-refractivity contribution in [1.82, 2.24) is 4.90 Å². The Morgan fingerprint density at radius 3 is 2.38 bits per heavy atom. The summed E-state index contributed by atoms with van der Waals surface area (Å²) < 4.78 is 44.8. The van der Waals surface area contributed by atoms with E-state index in [1.165, 1.54) is 17.0 Å². The minimum absolute atomic E-state index is 0.0227. The molecule has 2 aliphatic heterocycles. The Hall–Kier alpha value is -2.91. The summed E-state index contributed by atoms with van der Waals surface area (Å²) in [7, 11) is 0. The summed E-state index contributed by atoms with van der Waals surface area (Å²) in [4.78, 5) is 28.8. The first kappa shape index (κ1) is 24.2. The second-order valence-corrected chi connectivity index (χ2v) is 8.78. The standard InChI is InChI=1S/C25H27F3N2O4/c1-2-14-34-20-8-6-19(7-9-20)30-22(31)16-21(23(30)32)29-12-10-24(33,11-13-29)17-4-3-5-18(15-17)25(26,27)28/h3-9,15,21,33H,2,10-14,16H2,1H3/t21-/m1/s1. The normalized spacial score (nSPS) is 21.2. The van der Waals surface area contributed by atoms with Crippen LogP contribution in [0.2, 0.25) is 0 Å². The number of carbonyl (C=O) groups excluding carboxylic acids is 2. The highest BCUT2D eigenvalue weighted by Gasteiger charge is 2.46. The summed E-state index contributed by atoms with van der Waals surface area (Å²) >= 11 is 0. The molecule has 0 unspecified atom stereocenters. The minimum atomic E-state index is -4.49. The molecule has 4 rings (SSSR count). The molecule has 2 aromatic rings. The van der Waals surface area contributed by atoms with Gasteiger partial charge in [-0.05, 0) is 61.2 Å². The van der Waals surface area contributed by atoms with E-state index < -0.39 is 23.4 Å². The number of hydrogen-bond donors (Lipinski definition) is 1. The van der Waals surface area contributed by atoms with E-state index in [4.69, 9.17) is 4.74 Å². The van der Waals surface area contributed by atoms with Gasteiger partial charge >= 0.3 is 6.18 Å². The van der Waals surface area contributed by atoms with Crippen LogP contribution < -0.4 is 9.64 Å². The van der Waals surface area contributed by atoms with E-state index in [1.807, 2.05) is 11.8 Å². The topological polar surface area (TPSA) is 70.1 Å². The number of hydrogen-bond acceptors (Lipinski definition) is 5. The van der Waals surface area contributed by atoms with Gasteiger partial charge in [0.2, 0.25) is 5.91 Å². The number of rotatable bonds is 6. The predicted octanol–water partition coefficient (Wildman–Crippen LogP) is 4.11. The molecule has 2 amide bonds. The van der Waals surface area contributed by atoms with E-state index in [2.05, 4.69) is 0 Å². The summed E-state index contributed by atoms with van der Waals surface area (Å²) in [6.07, 6.45) is -3.28. The molecule has 0 aromatic heterocycles. The Kier molecular flexibility index (Phi) is 6.69. The summed E-state index contributed by atoms with van der Waals surface area (Å²) in [5.41, 5.74) is -1.54. The molecule has 2 saturated heterocycles. The van der Waals surface area contributed by atoms with Gasteiger partial charge < -0.3 is 9.84 Å². The first-order chi connectivity index (χ1) is 16.1. The van der Waals surface area contributed by atoms with Gasteiger partial charge in [0, 0.05) is 13.1 Å². The van der Waals surface area contributed by atoms with Crippen molar-refractivity contribution in [2.75, 3.05) is 24.6 Å². The summed E-state index contributed by atoms with van der Waals surface area (Å²) in [6, 6.07) is 10.9. The van der Waals surface area contributed by atoms with Crippen LogP contribution in [0.3, 0.4) is 0 Å². The second kappa shape index (κ2) is 9.38. The SMILES string of the molecule is CCCOc1ccc(N2C(=O)C[C@@H](N3CCC(O)(c4cccc(C(F)(F)F)c4)CC3)C2=O)cc1. The van der Waals surface area contributed by atoms with Gasteiger partial charge in [-0.1, -0.05) is 19.1 Å². The van der Waals surface area contributed by atoms with E-state index in [9.17, 15) is 27.9 Å². The Morgan fingerprint density at radius 2 is 1.76 bits per heavy atom. The Balaban J connectivity index is 1.43. The van der Waals surface area contributed by atoms with Crippen molar-refractivity contribution in [3.05, 3.63) is 59.7 Å². The molecule has 0 radical (unpaired) electrons. The number of benzene rings is 2. The number of aliphatic hydroxyl groups is 1. The van der Waals surface area contributed by atoms with Crippen LogP contribution in [0, 0.1) is 0 Å². The van der Waals surface area contributed by atoms with Crippen molar-refractivity contribution in [2.45, 2.75) is 50.4 Å². The third-order valence-corrected chi connectivity index (χ3v) is 6.48. The van der Waals surface area contributed by atoms with E-state index in [1.54, 1.807) is 24.3 Å². The lowest BCUT2D eigenvalue weighted by molar-refractivity contribution is -0.138. The Bertz CT molecular complexity index is 1050. The third kappa shape index (κ3) is 4.81. The molecule has 2 aliphatic rings. The van der Waals surface area contributed by atoms with E-state index in [-0.39, 0.29) is 49.7 Å². The number of carbonyl (C=O) groups is 2. The molecule has 1 atom stereocenters. The van der Waals surface area contributed by atoms with Gasteiger partial charge in [0.05, 0.1) is 35.9 Å². The zero-order chi connectivity index (χ0) is 24.5. The summed E-state index contributed by atoms with van der Waals surface area (Å²) in [6.45, 7) is 3.14. The monoisotopic (exact) mass is 476 g/mol. The molecule has 0 bridgehead atoms. The maximum absolute atomic E-state index is 13.1. The highest BCUT2D eigenvalue weighted by atomic mass is 19.4. The molecule has 9 heteroatoms. The van der Waals surface area contributed by atoms with Crippen LogP contribution in [-0.4, -0.2) is 47.6 Å². The number of alkyl halides is 3. The quantitative estimate of drug-likeness (QED) is 0.636. The molecule has 34 heavy (non-hydrogen) atoms.